The number of rotatable bonds is 5. The Bertz CT molecular complexity index is 846. The molecule has 23 heavy (non-hydrogen) atoms. The van der Waals surface area contributed by atoms with E-state index in [4.69, 9.17) is 0 Å². The Morgan fingerprint density at radius 3 is 2.65 bits per heavy atom. The molecule has 1 N–H and O–H groups in total. The Morgan fingerprint density at radius 2 is 1.87 bits per heavy atom. The molecule has 3 rings (SSSR count). The van der Waals surface area contributed by atoms with Gasteiger partial charge in [0.2, 0.25) is 5.13 Å². The molecule has 0 aliphatic carbocycles. The molecule has 7 heteroatoms. The molecule has 0 amide bonds. The highest BCUT2D eigenvalue weighted by atomic mass is 32.1. The third kappa shape index (κ3) is 3.58. The molecule has 6 nitrogen and oxygen atoms in total. The third-order valence-corrected chi connectivity index (χ3v) is 3.82. The fraction of sp³-hybridized carbons (Fsp3) is 0. The van der Waals surface area contributed by atoms with Gasteiger partial charge in [-0.15, -0.1) is 11.3 Å². The lowest BCUT2D eigenvalue weighted by molar-refractivity contribution is -0.385. The van der Waals surface area contributed by atoms with Gasteiger partial charge in [0.1, 0.15) is 0 Å². The van der Waals surface area contributed by atoms with E-state index in [1.807, 2.05) is 35.7 Å². The molecule has 114 valence electrons. The quantitative estimate of drug-likeness (QED) is 0.434. The predicted molar refractivity (Wildman–Crippen MR) is 91.9 cm³/mol. The number of benzene rings is 2. The highest BCUT2D eigenvalue weighted by Gasteiger charge is 2.10. The minimum Gasteiger partial charge on any atom is -0.258 e. The van der Waals surface area contributed by atoms with Crippen LogP contribution in [-0.4, -0.2) is 16.1 Å². The highest BCUT2D eigenvalue weighted by molar-refractivity contribution is 7.14. The number of hydrogen-bond donors (Lipinski definition) is 1. The maximum absolute atomic E-state index is 10.9. The number of nitro benzene ring substituents is 1. The van der Waals surface area contributed by atoms with Crippen molar-refractivity contribution in [1.29, 1.82) is 0 Å². The molecule has 0 fully saturated rings. The van der Waals surface area contributed by atoms with E-state index in [1.165, 1.54) is 23.6 Å². The van der Waals surface area contributed by atoms with E-state index in [1.54, 1.807) is 18.2 Å². The summed E-state index contributed by atoms with van der Waals surface area (Å²) in [7, 11) is 0. The lowest BCUT2D eigenvalue weighted by atomic mass is 10.2. The van der Waals surface area contributed by atoms with Crippen molar-refractivity contribution < 1.29 is 4.92 Å². The van der Waals surface area contributed by atoms with E-state index in [-0.39, 0.29) is 5.69 Å². The van der Waals surface area contributed by atoms with Crippen molar-refractivity contribution in [2.24, 2.45) is 5.10 Å². The second-order valence-corrected chi connectivity index (χ2v) is 5.45. The van der Waals surface area contributed by atoms with Gasteiger partial charge in [0.05, 0.1) is 22.4 Å². The summed E-state index contributed by atoms with van der Waals surface area (Å²) in [6, 6.07) is 16.2. The number of aromatic nitrogens is 1. The van der Waals surface area contributed by atoms with Crippen LogP contribution in [0.3, 0.4) is 0 Å². The number of nitrogens with one attached hydrogen (secondary N) is 1. The fourth-order valence-corrected chi connectivity index (χ4v) is 2.66. The van der Waals surface area contributed by atoms with Crippen LogP contribution in [0.2, 0.25) is 0 Å². The minimum atomic E-state index is -0.432. The van der Waals surface area contributed by atoms with Crippen LogP contribution in [0, 0.1) is 10.1 Å². The van der Waals surface area contributed by atoms with E-state index >= 15 is 0 Å². The number of hydrogen-bond acceptors (Lipinski definition) is 6. The number of thiazole rings is 1. The average Bonchev–Trinajstić information content (AvgIpc) is 3.05. The van der Waals surface area contributed by atoms with E-state index in [0.29, 0.717) is 10.7 Å². The molecular weight excluding hydrogens is 312 g/mol. The Kier molecular flexibility index (Phi) is 4.39. The van der Waals surface area contributed by atoms with Crippen molar-refractivity contribution in [3.05, 3.63) is 75.7 Å². The molecule has 0 saturated carbocycles. The molecular formula is C16H12N4O2S. The molecule has 0 atom stereocenters. The molecule has 0 unspecified atom stereocenters. The SMILES string of the molecule is O=[N+]([O-])c1ccccc1/C=N\Nc1nc(-c2ccccc2)cs1. The molecule has 0 aliphatic rings. The maximum atomic E-state index is 10.9. The van der Waals surface area contributed by atoms with Gasteiger partial charge in [-0.05, 0) is 6.07 Å². The predicted octanol–water partition coefficient (Wildman–Crippen LogP) is 4.16. The van der Waals surface area contributed by atoms with Crippen LogP contribution >= 0.6 is 11.3 Å². The van der Waals surface area contributed by atoms with Crippen molar-refractivity contribution in [2.45, 2.75) is 0 Å². The number of anilines is 1. The van der Waals surface area contributed by atoms with Gasteiger partial charge in [-0.2, -0.15) is 5.10 Å². The second-order valence-electron chi connectivity index (χ2n) is 4.59. The van der Waals surface area contributed by atoms with Crippen molar-refractivity contribution in [3.8, 4) is 11.3 Å². The average molecular weight is 324 g/mol. The molecule has 1 heterocycles. The van der Waals surface area contributed by atoms with Gasteiger partial charge in [0.25, 0.3) is 5.69 Å². The smallest absolute Gasteiger partial charge is 0.258 e. The number of para-hydroxylation sites is 1. The summed E-state index contributed by atoms with van der Waals surface area (Å²) in [4.78, 5) is 14.9. The first kappa shape index (κ1) is 14.9. The van der Waals surface area contributed by atoms with Gasteiger partial charge in [0.15, 0.2) is 0 Å². The lowest BCUT2D eigenvalue weighted by Gasteiger charge is -1.97. The van der Waals surface area contributed by atoms with Crippen LogP contribution in [-0.2, 0) is 0 Å². The summed E-state index contributed by atoms with van der Waals surface area (Å²) in [5.74, 6) is 0. The number of hydrazone groups is 1. The topological polar surface area (TPSA) is 80.4 Å². The zero-order valence-corrected chi connectivity index (χ0v) is 12.7. The molecule has 0 spiro atoms. The molecule has 0 bridgehead atoms. The summed E-state index contributed by atoms with van der Waals surface area (Å²) in [6.45, 7) is 0. The van der Waals surface area contributed by atoms with Gasteiger partial charge in [0, 0.05) is 17.0 Å². The Hall–Kier alpha value is -3.06. The number of nitrogens with zero attached hydrogens (tertiary/aromatic N) is 3. The van der Waals surface area contributed by atoms with Crippen molar-refractivity contribution >= 4 is 28.4 Å². The zero-order valence-electron chi connectivity index (χ0n) is 11.9. The monoisotopic (exact) mass is 324 g/mol. The Balaban J connectivity index is 1.72. The van der Waals surface area contributed by atoms with Gasteiger partial charge in [-0.25, -0.2) is 4.98 Å². The van der Waals surface area contributed by atoms with E-state index in [9.17, 15) is 10.1 Å². The van der Waals surface area contributed by atoms with Gasteiger partial charge in [-0.3, -0.25) is 15.5 Å². The largest absolute Gasteiger partial charge is 0.278 e. The number of nitro groups is 1. The Labute approximate surface area is 136 Å². The standard InChI is InChI=1S/C16H12N4O2S/c21-20(22)15-9-5-4-8-13(15)10-17-19-16-18-14(11-23-16)12-6-2-1-3-7-12/h1-11H,(H,18,19)/b17-10-. The van der Waals surface area contributed by atoms with Crippen LogP contribution < -0.4 is 5.43 Å². The minimum absolute atomic E-state index is 0.0159. The molecule has 0 aliphatic heterocycles. The van der Waals surface area contributed by atoms with Crippen molar-refractivity contribution in [3.63, 3.8) is 0 Å². The fourth-order valence-electron chi connectivity index (χ4n) is 1.99. The summed E-state index contributed by atoms with van der Waals surface area (Å²) in [5.41, 5.74) is 5.14. The molecule has 1 aromatic heterocycles. The first-order valence-electron chi connectivity index (χ1n) is 6.77. The third-order valence-electron chi connectivity index (χ3n) is 3.07. The van der Waals surface area contributed by atoms with Gasteiger partial charge >= 0.3 is 0 Å². The molecule has 0 saturated heterocycles. The maximum Gasteiger partial charge on any atom is 0.278 e. The van der Waals surface area contributed by atoms with Crippen LogP contribution in [0.4, 0.5) is 10.8 Å². The lowest BCUT2D eigenvalue weighted by Crippen LogP contribution is -1.96. The summed E-state index contributed by atoms with van der Waals surface area (Å²) in [6.07, 6.45) is 1.42. The van der Waals surface area contributed by atoms with Crippen LogP contribution in [0.5, 0.6) is 0 Å². The van der Waals surface area contributed by atoms with Crippen LogP contribution in [0.1, 0.15) is 5.56 Å². The molecule has 2 aromatic carbocycles. The summed E-state index contributed by atoms with van der Waals surface area (Å²) < 4.78 is 0. The molecule has 0 radical (unpaired) electrons. The second kappa shape index (κ2) is 6.80. The highest BCUT2D eigenvalue weighted by Crippen LogP contribution is 2.24. The Morgan fingerprint density at radius 1 is 1.13 bits per heavy atom. The first-order valence-corrected chi connectivity index (χ1v) is 7.65. The van der Waals surface area contributed by atoms with E-state index in [2.05, 4.69) is 15.5 Å². The molecule has 3 aromatic rings. The van der Waals surface area contributed by atoms with Gasteiger partial charge in [-0.1, -0.05) is 42.5 Å². The summed E-state index contributed by atoms with van der Waals surface area (Å²) >= 11 is 1.42. The van der Waals surface area contributed by atoms with Crippen molar-refractivity contribution in [2.75, 3.05) is 5.43 Å². The zero-order chi connectivity index (χ0) is 16.1. The van der Waals surface area contributed by atoms with Crippen molar-refractivity contribution in [1.82, 2.24) is 4.98 Å². The van der Waals surface area contributed by atoms with Crippen LogP contribution in [0.15, 0.2) is 65.1 Å². The van der Waals surface area contributed by atoms with Gasteiger partial charge < -0.3 is 0 Å². The van der Waals surface area contributed by atoms with E-state index < -0.39 is 4.92 Å². The summed E-state index contributed by atoms with van der Waals surface area (Å²) in [5, 5.41) is 17.5. The van der Waals surface area contributed by atoms with Crippen LogP contribution in [0.25, 0.3) is 11.3 Å². The normalized spacial score (nSPS) is 10.8. The van der Waals surface area contributed by atoms with E-state index in [0.717, 1.165) is 11.3 Å². The first-order chi connectivity index (χ1) is 11.2.